The molecule has 1 aliphatic rings. The van der Waals surface area contributed by atoms with Gasteiger partial charge in [0, 0.05) is 31.2 Å². The van der Waals surface area contributed by atoms with Crippen LogP contribution in [0, 0.1) is 5.92 Å². The van der Waals surface area contributed by atoms with E-state index in [1.807, 2.05) is 23.2 Å². The molecule has 1 amide bonds. The topological polar surface area (TPSA) is 54.5 Å². The monoisotopic (exact) mass is 327 g/mol. The molecule has 0 aliphatic carbocycles. The lowest BCUT2D eigenvalue weighted by Gasteiger charge is -2.32. The maximum absolute atomic E-state index is 12.8. The number of benzene rings is 1. The Hall–Kier alpha value is -1.98. The van der Waals surface area contributed by atoms with E-state index in [1.54, 1.807) is 0 Å². The highest BCUT2D eigenvalue weighted by molar-refractivity contribution is 5.83. The summed E-state index contributed by atoms with van der Waals surface area (Å²) in [6.45, 7) is 7.41. The van der Waals surface area contributed by atoms with Crippen molar-refractivity contribution in [1.29, 1.82) is 0 Å². The van der Waals surface area contributed by atoms with Crippen LogP contribution in [0.4, 0.5) is 0 Å². The number of aromatic nitrogens is 1. The number of hydrogen-bond acceptors (Lipinski definition) is 4. The van der Waals surface area contributed by atoms with Crippen molar-refractivity contribution >= 4 is 16.8 Å². The van der Waals surface area contributed by atoms with Gasteiger partial charge in [-0.15, -0.1) is 0 Å². The summed E-state index contributed by atoms with van der Waals surface area (Å²) in [7, 11) is 0. The molecular formula is C19H25N3O2. The molecule has 1 aromatic heterocycles. The number of nitrogens with zero attached hydrogens (tertiary/aromatic N) is 2. The Morgan fingerprint density at radius 1 is 1.25 bits per heavy atom. The molecule has 3 rings (SSSR count). The highest BCUT2D eigenvalue weighted by atomic mass is 16.5. The number of rotatable bonds is 5. The maximum Gasteiger partial charge on any atom is 0.240 e. The van der Waals surface area contributed by atoms with Gasteiger partial charge in [0.1, 0.15) is 0 Å². The van der Waals surface area contributed by atoms with Crippen molar-refractivity contribution in [2.45, 2.75) is 26.4 Å². The maximum atomic E-state index is 12.8. The molecule has 1 N–H and O–H groups in total. The van der Waals surface area contributed by atoms with Gasteiger partial charge in [0.15, 0.2) is 0 Å². The number of ether oxygens (including phenoxy) is 1. The van der Waals surface area contributed by atoms with Crippen molar-refractivity contribution in [3.63, 3.8) is 0 Å². The summed E-state index contributed by atoms with van der Waals surface area (Å²) in [6.07, 6.45) is 1.81. The van der Waals surface area contributed by atoms with Crippen LogP contribution in [0.3, 0.4) is 0 Å². The summed E-state index contributed by atoms with van der Waals surface area (Å²) < 4.78 is 5.35. The minimum absolute atomic E-state index is 0.168. The average Bonchev–Trinajstić information content (AvgIpc) is 2.62. The van der Waals surface area contributed by atoms with E-state index in [4.69, 9.17) is 4.74 Å². The first-order valence-electron chi connectivity index (χ1n) is 8.59. The summed E-state index contributed by atoms with van der Waals surface area (Å²) in [5.41, 5.74) is 2.11. The third-order valence-corrected chi connectivity index (χ3v) is 4.48. The first-order valence-corrected chi connectivity index (χ1v) is 8.59. The number of carbonyl (C=O) groups excluding carboxylic acids is 1. The van der Waals surface area contributed by atoms with Gasteiger partial charge in [0.25, 0.3) is 0 Å². The molecular weight excluding hydrogens is 302 g/mol. The van der Waals surface area contributed by atoms with Crippen LogP contribution in [-0.2, 0) is 16.1 Å². The zero-order valence-electron chi connectivity index (χ0n) is 14.4. The summed E-state index contributed by atoms with van der Waals surface area (Å²) in [4.78, 5) is 19.2. The van der Waals surface area contributed by atoms with Crippen LogP contribution in [0.25, 0.3) is 10.9 Å². The Morgan fingerprint density at radius 3 is 2.75 bits per heavy atom. The van der Waals surface area contributed by atoms with E-state index < -0.39 is 0 Å². The lowest BCUT2D eigenvalue weighted by molar-refractivity contribution is -0.138. The largest absolute Gasteiger partial charge is 0.378 e. The van der Waals surface area contributed by atoms with Gasteiger partial charge in [-0.1, -0.05) is 38.1 Å². The van der Waals surface area contributed by atoms with Crippen molar-refractivity contribution in [2.75, 3.05) is 26.3 Å². The first kappa shape index (κ1) is 16.9. The van der Waals surface area contributed by atoms with Gasteiger partial charge in [-0.3, -0.25) is 9.78 Å². The molecule has 0 bridgehead atoms. The fourth-order valence-electron chi connectivity index (χ4n) is 3.12. The van der Waals surface area contributed by atoms with Gasteiger partial charge in [0.05, 0.1) is 24.8 Å². The lowest BCUT2D eigenvalue weighted by Crippen LogP contribution is -2.52. The van der Waals surface area contributed by atoms with Gasteiger partial charge in [-0.2, -0.15) is 0 Å². The predicted molar refractivity (Wildman–Crippen MR) is 94.6 cm³/mol. The van der Waals surface area contributed by atoms with E-state index in [9.17, 15) is 4.79 Å². The van der Waals surface area contributed by atoms with Crippen LogP contribution in [-0.4, -0.2) is 48.1 Å². The summed E-state index contributed by atoms with van der Waals surface area (Å²) in [5, 5.41) is 4.58. The van der Waals surface area contributed by atoms with Crippen LogP contribution in [0.1, 0.15) is 19.4 Å². The zero-order valence-corrected chi connectivity index (χ0v) is 14.4. The molecule has 1 aromatic carbocycles. The molecule has 0 saturated carbocycles. The van der Waals surface area contributed by atoms with E-state index in [0.717, 1.165) is 16.5 Å². The third kappa shape index (κ3) is 3.74. The molecule has 5 heteroatoms. The van der Waals surface area contributed by atoms with E-state index in [2.05, 4.69) is 42.3 Å². The number of hydrogen-bond donors (Lipinski definition) is 1. The number of pyridine rings is 1. The smallest absolute Gasteiger partial charge is 0.240 e. The molecule has 2 heterocycles. The van der Waals surface area contributed by atoms with Crippen molar-refractivity contribution in [3.05, 3.63) is 42.1 Å². The molecule has 1 fully saturated rings. The Labute approximate surface area is 143 Å². The lowest BCUT2D eigenvalue weighted by atomic mass is 10.0. The second kappa shape index (κ2) is 7.73. The second-order valence-electron chi connectivity index (χ2n) is 6.53. The fourth-order valence-corrected chi connectivity index (χ4v) is 3.12. The summed E-state index contributed by atoms with van der Waals surface area (Å²) in [5.74, 6) is 0.393. The van der Waals surface area contributed by atoms with Gasteiger partial charge < -0.3 is 15.0 Å². The first-order chi connectivity index (χ1) is 11.7. The van der Waals surface area contributed by atoms with E-state index in [1.165, 1.54) is 0 Å². The molecule has 1 atom stereocenters. The molecule has 5 nitrogen and oxygen atoms in total. The Bertz CT molecular complexity index is 691. The second-order valence-corrected chi connectivity index (χ2v) is 6.53. The molecule has 128 valence electrons. The molecule has 1 unspecified atom stereocenters. The van der Waals surface area contributed by atoms with Crippen molar-refractivity contribution in [1.82, 2.24) is 15.2 Å². The number of amides is 1. The highest BCUT2D eigenvalue weighted by Gasteiger charge is 2.27. The normalized spacial score (nSPS) is 16.5. The Morgan fingerprint density at radius 2 is 2.00 bits per heavy atom. The van der Waals surface area contributed by atoms with Crippen molar-refractivity contribution in [2.24, 2.45) is 5.92 Å². The number of carbonyl (C=O) groups is 1. The molecule has 2 aromatic rings. The molecule has 1 aliphatic heterocycles. The highest BCUT2D eigenvalue weighted by Crippen LogP contribution is 2.17. The van der Waals surface area contributed by atoms with Gasteiger partial charge in [-0.25, -0.2) is 0 Å². The van der Waals surface area contributed by atoms with Crippen LogP contribution >= 0.6 is 0 Å². The van der Waals surface area contributed by atoms with Gasteiger partial charge >= 0.3 is 0 Å². The third-order valence-electron chi connectivity index (χ3n) is 4.48. The molecule has 24 heavy (non-hydrogen) atoms. The number of fused-ring (bicyclic) bond motifs is 1. The van der Waals surface area contributed by atoms with Gasteiger partial charge in [-0.05, 0) is 17.5 Å². The predicted octanol–water partition coefficient (Wildman–Crippen LogP) is 2.21. The minimum atomic E-state index is -0.193. The quantitative estimate of drug-likeness (QED) is 0.915. The molecule has 0 radical (unpaired) electrons. The standard InChI is InChI=1S/C19H25N3O2/c1-14(2)17(19(23)22-9-11-24-12-10-22)21-13-16-6-3-5-15-7-4-8-20-18(15)16/h3-8,14,17,21H,9-13H2,1-2H3. The number of para-hydroxylation sites is 1. The van der Waals surface area contributed by atoms with Gasteiger partial charge in [0.2, 0.25) is 5.91 Å². The summed E-state index contributed by atoms with van der Waals surface area (Å²) >= 11 is 0. The summed E-state index contributed by atoms with van der Waals surface area (Å²) in [6, 6.07) is 9.98. The zero-order chi connectivity index (χ0) is 16.9. The van der Waals surface area contributed by atoms with Crippen molar-refractivity contribution in [3.8, 4) is 0 Å². The van der Waals surface area contributed by atoms with E-state index in [-0.39, 0.29) is 17.9 Å². The average molecular weight is 327 g/mol. The van der Waals surface area contributed by atoms with Crippen LogP contribution in [0.2, 0.25) is 0 Å². The van der Waals surface area contributed by atoms with E-state index in [0.29, 0.717) is 32.8 Å². The SMILES string of the molecule is CC(C)C(NCc1cccc2cccnc12)C(=O)N1CCOCC1. The Balaban J connectivity index is 1.72. The van der Waals surface area contributed by atoms with Crippen LogP contribution < -0.4 is 5.32 Å². The Kier molecular flexibility index (Phi) is 5.43. The number of nitrogens with one attached hydrogen (secondary N) is 1. The minimum Gasteiger partial charge on any atom is -0.378 e. The van der Waals surface area contributed by atoms with Crippen molar-refractivity contribution < 1.29 is 9.53 Å². The van der Waals surface area contributed by atoms with Crippen LogP contribution in [0.15, 0.2) is 36.5 Å². The van der Waals surface area contributed by atoms with Crippen LogP contribution in [0.5, 0.6) is 0 Å². The number of morpholine rings is 1. The van der Waals surface area contributed by atoms with E-state index >= 15 is 0 Å². The molecule has 1 saturated heterocycles. The fraction of sp³-hybridized carbons (Fsp3) is 0.474. The molecule has 0 spiro atoms.